The predicted octanol–water partition coefficient (Wildman–Crippen LogP) is 4.10. The first-order valence-corrected chi connectivity index (χ1v) is 19.9. The molecule has 0 aromatic carbocycles. The molecule has 2 aliphatic carbocycles. The van der Waals surface area contributed by atoms with Crippen LogP contribution in [0.25, 0.3) is 0 Å². The van der Waals surface area contributed by atoms with Crippen LogP contribution in [0.15, 0.2) is 12.7 Å². The first-order valence-electron chi connectivity index (χ1n) is 19.9. The minimum Gasteiger partial charge on any atom is -0.346 e. The molecule has 0 aromatic rings. The smallest absolute Gasteiger partial charge is 0.315 e. The predicted molar refractivity (Wildman–Crippen MR) is 205 cm³/mol. The summed E-state index contributed by atoms with van der Waals surface area (Å²) in [7, 11) is 0. The van der Waals surface area contributed by atoms with Crippen molar-refractivity contribution in [1.29, 1.82) is 0 Å². The van der Waals surface area contributed by atoms with E-state index in [1.807, 2.05) is 62.3 Å². The Hall–Kier alpha value is -3.77. The van der Waals surface area contributed by atoms with Crippen molar-refractivity contribution < 1.29 is 33.6 Å². The second-order valence-electron chi connectivity index (χ2n) is 19.6. The number of carbonyl (C=O) groups is 7. The Bertz CT molecular complexity index is 1480. The molecule has 4 N–H and O–H groups in total. The van der Waals surface area contributed by atoms with Crippen molar-refractivity contribution in [3.63, 3.8) is 0 Å². The van der Waals surface area contributed by atoms with Gasteiger partial charge in [0.1, 0.15) is 12.1 Å². The number of hydrogen-bond acceptors (Lipinski definition) is 7. The van der Waals surface area contributed by atoms with E-state index in [4.69, 9.17) is 0 Å². The lowest BCUT2D eigenvalue weighted by Crippen LogP contribution is -2.62. The van der Waals surface area contributed by atoms with Gasteiger partial charge in [0.2, 0.25) is 29.4 Å². The molecule has 54 heavy (non-hydrogen) atoms. The van der Waals surface area contributed by atoms with E-state index in [-0.39, 0.29) is 60.9 Å². The molecule has 13 nitrogen and oxygen atoms in total. The number of piperidine rings is 1. The Labute approximate surface area is 321 Å². The highest BCUT2D eigenvalue weighted by Crippen LogP contribution is 2.58. The number of rotatable bonds is 15. The van der Waals surface area contributed by atoms with Gasteiger partial charge >= 0.3 is 6.03 Å². The standard InChI is InChI=1S/C41H66N6O7/c1-12-18-42-35(52)32(50)27(19-24-14-15-24)43-34(51)31-25(13-2)26(41(11)16-17-41)22-47(31)36(53)33(39(6,7)8)45-37(54)44-28(38(3,4)5)23-46-29(48)20-40(9,10)21-30(46)49/h12,24-28,31,33H,1,13-23H2,2-11H3,(H,42,52)(H,43,51)(H2,44,45,54)/t25-,26-,27?,28+,31-,33+/m0/s1. The molecule has 2 aliphatic heterocycles. The van der Waals surface area contributed by atoms with Crippen LogP contribution >= 0.6 is 0 Å². The SMILES string of the molecule is C=CCNC(=O)C(=O)C(CC1CC1)NC(=O)[C@@H]1[C@@H](CC)[C@@H](C2(C)CC2)CN1C(=O)[C@@H](NC(=O)N[C@H](CN1C(=O)CC(C)(C)CC1=O)C(C)(C)C)C(C)(C)C. The minimum atomic E-state index is -1.05. The molecule has 4 fully saturated rings. The molecule has 2 saturated heterocycles. The molecule has 2 saturated carbocycles. The summed E-state index contributed by atoms with van der Waals surface area (Å²) in [5.74, 6) is -2.89. The van der Waals surface area contributed by atoms with Gasteiger partial charge in [0, 0.05) is 32.5 Å². The molecule has 0 spiro atoms. The summed E-state index contributed by atoms with van der Waals surface area (Å²) in [6.45, 7) is 23.3. The third kappa shape index (κ3) is 10.3. The molecular weight excluding hydrogens is 688 g/mol. The molecule has 1 unspecified atom stereocenters. The second-order valence-corrected chi connectivity index (χ2v) is 19.6. The highest BCUT2D eigenvalue weighted by Gasteiger charge is 2.58. The lowest BCUT2D eigenvalue weighted by Gasteiger charge is -2.40. The zero-order valence-electron chi connectivity index (χ0n) is 34.4. The van der Waals surface area contributed by atoms with Gasteiger partial charge in [-0.1, -0.05) is 94.6 Å². The number of hydrogen-bond donors (Lipinski definition) is 4. The van der Waals surface area contributed by atoms with Crippen molar-refractivity contribution in [3.8, 4) is 0 Å². The molecule has 0 radical (unpaired) electrons. The van der Waals surface area contributed by atoms with Crippen LogP contribution in [0.3, 0.4) is 0 Å². The topological polar surface area (TPSA) is 174 Å². The first-order chi connectivity index (χ1) is 24.9. The van der Waals surface area contributed by atoms with Gasteiger partial charge in [-0.2, -0.15) is 0 Å². The monoisotopic (exact) mass is 754 g/mol. The molecule has 4 aliphatic rings. The Balaban J connectivity index is 1.59. The highest BCUT2D eigenvalue weighted by atomic mass is 16.2. The number of ketones is 1. The van der Waals surface area contributed by atoms with Crippen molar-refractivity contribution in [1.82, 2.24) is 31.1 Å². The number of likely N-dealkylation sites (tertiary alicyclic amines) is 2. The first kappa shape index (κ1) is 43.0. The maximum Gasteiger partial charge on any atom is 0.315 e. The number of amides is 7. The van der Waals surface area contributed by atoms with Crippen LogP contribution in [0.2, 0.25) is 0 Å². The van der Waals surface area contributed by atoms with E-state index in [1.54, 1.807) is 4.90 Å². The number of nitrogens with zero attached hydrogens (tertiary/aromatic N) is 2. The summed E-state index contributed by atoms with van der Waals surface area (Å²) in [6.07, 6.45) is 6.69. The molecular formula is C41H66N6O7. The lowest BCUT2D eigenvalue weighted by atomic mass is 9.78. The summed E-state index contributed by atoms with van der Waals surface area (Å²) in [6, 6.07) is -4.24. The number of Topliss-reactive ketones (excluding diaryl/α,β-unsaturated/α-hetero) is 1. The van der Waals surface area contributed by atoms with E-state index >= 15 is 0 Å². The van der Waals surface area contributed by atoms with Crippen LogP contribution in [-0.4, -0.2) is 95.0 Å². The van der Waals surface area contributed by atoms with Crippen LogP contribution in [0.5, 0.6) is 0 Å². The van der Waals surface area contributed by atoms with Crippen LogP contribution in [-0.2, 0) is 28.8 Å². The molecule has 2 heterocycles. The van der Waals surface area contributed by atoms with Gasteiger partial charge < -0.3 is 26.2 Å². The fraction of sp³-hybridized carbons (Fsp3) is 0.780. The second kappa shape index (κ2) is 16.1. The van der Waals surface area contributed by atoms with Crippen LogP contribution < -0.4 is 21.3 Å². The van der Waals surface area contributed by atoms with Gasteiger partial charge in [-0.15, -0.1) is 6.58 Å². The molecule has 4 rings (SSSR count). The molecule has 7 amide bonds. The van der Waals surface area contributed by atoms with Gasteiger partial charge in [-0.3, -0.25) is 33.7 Å². The fourth-order valence-electron chi connectivity index (χ4n) is 8.15. The van der Waals surface area contributed by atoms with Crippen LogP contribution in [0, 0.1) is 39.4 Å². The van der Waals surface area contributed by atoms with E-state index in [0.29, 0.717) is 19.4 Å². The van der Waals surface area contributed by atoms with Gasteiger partial charge in [-0.25, -0.2) is 4.79 Å². The number of imide groups is 1. The van der Waals surface area contributed by atoms with Gasteiger partial charge in [0.05, 0.1) is 12.1 Å². The average molecular weight is 755 g/mol. The third-order valence-corrected chi connectivity index (χ3v) is 12.1. The van der Waals surface area contributed by atoms with E-state index in [2.05, 4.69) is 34.8 Å². The zero-order valence-corrected chi connectivity index (χ0v) is 34.4. The molecule has 0 aromatic heterocycles. The van der Waals surface area contributed by atoms with Gasteiger partial charge in [-0.05, 0) is 58.7 Å². The normalized spacial score (nSPS) is 25.3. The Morgan fingerprint density at radius 1 is 0.907 bits per heavy atom. The minimum absolute atomic E-state index is 0.00202. The number of nitrogens with one attached hydrogen (secondary N) is 4. The quantitative estimate of drug-likeness (QED) is 0.111. The Kier molecular flexibility index (Phi) is 12.8. The van der Waals surface area contributed by atoms with Crippen LogP contribution in [0.4, 0.5) is 4.79 Å². The molecule has 13 heteroatoms. The van der Waals surface area contributed by atoms with E-state index in [9.17, 15) is 33.6 Å². The number of carbonyl (C=O) groups excluding carboxylic acids is 7. The van der Waals surface area contributed by atoms with Crippen molar-refractivity contribution in [2.24, 2.45) is 39.4 Å². The maximum absolute atomic E-state index is 14.8. The highest BCUT2D eigenvalue weighted by molar-refractivity contribution is 6.38. The van der Waals surface area contributed by atoms with Gasteiger partial charge in [0.15, 0.2) is 0 Å². The Morgan fingerprint density at radius 3 is 1.98 bits per heavy atom. The molecule has 302 valence electrons. The largest absolute Gasteiger partial charge is 0.346 e. The molecule has 0 bridgehead atoms. The van der Waals surface area contributed by atoms with E-state index < -0.39 is 69.9 Å². The third-order valence-electron chi connectivity index (χ3n) is 12.1. The van der Waals surface area contributed by atoms with Crippen molar-refractivity contribution >= 4 is 41.4 Å². The maximum atomic E-state index is 14.8. The summed E-state index contributed by atoms with van der Waals surface area (Å²) < 4.78 is 0. The fourth-order valence-corrected chi connectivity index (χ4v) is 8.15. The van der Waals surface area contributed by atoms with Gasteiger partial charge in [0.25, 0.3) is 5.91 Å². The summed E-state index contributed by atoms with van der Waals surface area (Å²) in [5, 5.41) is 11.3. The van der Waals surface area contributed by atoms with Crippen LogP contribution in [0.1, 0.15) is 121 Å². The van der Waals surface area contributed by atoms with Crippen molar-refractivity contribution in [2.75, 3.05) is 19.6 Å². The lowest BCUT2D eigenvalue weighted by molar-refractivity contribution is -0.153. The zero-order chi connectivity index (χ0) is 40.6. The Morgan fingerprint density at radius 2 is 1.50 bits per heavy atom. The van der Waals surface area contributed by atoms with E-state index in [1.165, 1.54) is 11.0 Å². The average Bonchev–Trinajstić information content (AvgIpc) is 3.98. The summed E-state index contributed by atoms with van der Waals surface area (Å²) >= 11 is 0. The summed E-state index contributed by atoms with van der Waals surface area (Å²) in [4.78, 5) is 98.1. The molecule has 6 atom stereocenters. The van der Waals surface area contributed by atoms with E-state index in [0.717, 1.165) is 25.7 Å². The van der Waals surface area contributed by atoms with Crippen molar-refractivity contribution in [3.05, 3.63) is 12.7 Å². The summed E-state index contributed by atoms with van der Waals surface area (Å²) in [5.41, 5.74) is -1.81. The number of urea groups is 1. The van der Waals surface area contributed by atoms with Crippen molar-refractivity contribution in [2.45, 2.75) is 145 Å².